The van der Waals surface area contributed by atoms with Crippen molar-refractivity contribution >= 4 is 11.8 Å². The van der Waals surface area contributed by atoms with Crippen molar-refractivity contribution in [1.82, 2.24) is 9.97 Å². The lowest BCUT2D eigenvalue weighted by atomic mass is 9.86. The maximum atomic E-state index is 5.92. The number of aryl methyl sites for hydroxylation is 1. The van der Waals surface area contributed by atoms with E-state index in [-0.39, 0.29) is 0 Å². The smallest absolute Gasteiger partial charge is 0.224 e. The normalized spacial score (nSPS) is 23.2. The maximum absolute atomic E-state index is 5.92. The summed E-state index contributed by atoms with van der Waals surface area (Å²) in [6.45, 7) is 2.98. The van der Waals surface area contributed by atoms with E-state index >= 15 is 0 Å². The van der Waals surface area contributed by atoms with Crippen molar-refractivity contribution in [3.63, 3.8) is 0 Å². The van der Waals surface area contributed by atoms with E-state index in [0.717, 1.165) is 36.7 Å². The fraction of sp³-hybridized carbons (Fsp3) is 0.714. The molecule has 0 atom stereocenters. The first-order valence-electron chi connectivity index (χ1n) is 7.06. The summed E-state index contributed by atoms with van der Waals surface area (Å²) in [7, 11) is 4.00. The summed E-state index contributed by atoms with van der Waals surface area (Å²) < 4.78 is 0. The molecule has 0 radical (unpaired) electrons. The highest BCUT2D eigenvalue weighted by Crippen LogP contribution is 2.23. The molecule has 0 unspecified atom stereocenters. The second kappa shape index (κ2) is 6.19. The summed E-state index contributed by atoms with van der Waals surface area (Å²) in [6.07, 6.45) is 6.58. The zero-order chi connectivity index (χ0) is 13.8. The lowest BCUT2D eigenvalue weighted by Gasteiger charge is -2.26. The molecule has 0 saturated heterocycles. The third-order valence-corrected chi connectivity index (χ3v) is 3.81. The zero-order valence-electron chi connectivity index (χ0n) is 12.2. The van der Waals surface area contributed by atoms with E-state index in [4.69, 9.17) is 5.73 Å². The molecular weight excluding hydrogens is 238 g/mol. The second-order valence-corrected chi connectivity index (χ2v) is 5.76. The van der Waals surface area contributed by atoms with Crippen LogP contribution in [0.5, 0.6) is 0 Å². The largest absolute Gasteiger partial charge is 0.362 e. The molecule has 0 spiro atoms. The molecule has 5 heteroatoms. The van der Waals surface area contributed by atoms with E-state index in [1.54, 1.807) is 0 Å². The third-order valence-electron chi connectivity index (χ3n) is 3.81. The molecule has 1 aromatic heterocycles. The molecule has 0 bridgehead atoms. The highest BCUT2D eigenvalue weighted by Gasteiger charge is 2.18. The summed E-state index contributed by atoms with van der Waals surface area (Å²) in [5, 5.41) is 3.36. The minimum absolute atomic E-state index is 0.409. The molecule has 1 aliphatic carbocycles. The number of hydrogen-bond acceptors (Lipinski definition) is 5. The molecule has 3 N–H and O–H groups in total. The number of rotatable bonds is 4. The van der Waals surface area contributed by atoms with Gasteiger partial charge in [0, 0.05) is 38.4 Å². The standard InChI is InChI=1S/C14H25N5/c1-10-8-16-14(18-13(10)19(2)3)17-9-11-4-6-12(15)7-5-11/h8,11-12H,4-7,9,15H2,1-3H3,(H,16,17,18)/t11-,12+. The Balaban J connectivity index is 1.91. The summed E-state index contributed by atoms with van der Waals surface area (Å²) in [5.41, 5.74) is 7.02. The van der Waals surface area contributed by atoms with Crippen molar-refractivity contribution in [1.29, 1.82) is 0 Å². The Morgan fingerprint density at radius 3 is 2.63 bits per heavy atom. The Labute approximate surface area is 115 Å². The van der Waals surface area contributed by atoms with Crippen LogP contribution in [0.1, 0.15) is 31.2 Å². The predicted molar refractivity (Wildman–Crippen MR) is 79.5 cm³/mol. The Bertz CT molecular complexity index is 410. The number of nitrogens with zero attached hydrogens (tertiary/aromatic N) is 3. The second-order valence-electron chi connectivity index (χ2n) is 5.76. The molecular formula is C14H25N5. The minimum Gasteiger partial charge on any atom is -0.362 e. The van der Waals surface area contributed by atoms with Gasteiger partial charge in [0.15, 0.2) is 0 Å². The van der Waals surface area contributed by atoms with Crippen LogP contribution < -0.4 is 16.0 Å². The highest BCUT2D eigenvalue weighted by molar-refractivity contribution is 5.47. The van der Waals surface area contributed by atoms with E-state index in [0.29, 0.717) is 12.0 Å². The number of hydrogen-bond donors (Lipinski definition) is 2. The predicted octanol–water partition coefficient (Wildman–Crippen LogP) is 1.78. The average molecular weight is 263 g/mol. The SMILES string of the molecule is Cc1cnc(NC[C@H]2CC[C@@H](N)CC2)nc1N(C)C. The zero-order valence-corrected chi connectivity index (χ0v) is 12.2. The molecule has 0 aromatic carbocycles. The van der Waals surface area contributed by atoms with Gasteiger partial charge >= 0.3 is 0 Å². The van der Waals surface area contributed by atoms with Gasteiger partial charge in [-0.2, -0.15) is 4.98 Å². The quantitative estimate of drug-likeness (QED) is 0.866. The van der Waals surface area contributed by atoms with Crippen molar-refractivity contribution in [3.8, 4) is 0 Å². The van der Waals surface area contributed by atoms with Crippen LogP contribution in [0.15, 0.2) is 6.20 Å². The van der Waals surface area contributed by atoms with Crippen LogP contribution in [-0.4, -0.2) is 36.6 Å². The van der Waals surface area contributed by atoms with Crippen molar-refractivity contribution in [2.45, 2.75) is 38.6 Å². The van der Waals surface area contributed by atoms with Crippen LogP contribution in [-0.2, 0) is 0 Å². The van der Waals surface area contributed by atoms with Crippen LogP contribution in [0, 0.1) is 12.8 Å². The van der Waals surface area contributed by atoms with Gasteiger partial charge in [-0.1, -0.05) is 0 Å². The molecule has 2 rings (SSSR count). The van der Waals surface area contributed by atoms with Crippen LogP contribution >= 0.6 is 0 Å². The Kier molecular flexibility index (Phi) is 4.58. The first-order valence-corrected chi connectivity index (χ1v) is 7.06. The monoisotopic (exact) mass is 263 g/mol. The first kappa shape index (κ1) is 14.1. The van der Waals surface area contributed by atoms with Crippen molar-refractivity contribution in [2.75, 3.05) is 30.9 Å². The van der Waals surface area contributed by atoms with Gasteiger partial charge < -0.3 is 16.0 Å². The average Bonchev–Trinajstić information content (AvgIpc) is 2.39. The summed E-state index contributed by atoms with van der Waals surface area (Å²) >= 11 is 0. The molecule has 1 heterocycles. The minimum atomic E-state index is 0.409. The van der Waals surface area contributed by atoms with Gasteiger partial charge in [0.2, 0.25) is 5.95 Å². The number of aromatic nitrogens is 2. The van der Waals surface area contributed by atoms with Crippen molar-refractivity contribution in [2.24, 2.45) is 11.7 Å². The van der Waals surface area contributed by atoms with Crippen molar-refractivity contribution in [3.05, 3.63) is 11.8 Å². The third kappa shape index (κ3) is 3.80. The van der Waals surface area contributed by atoms with E-state index in [9.17, 15) is 0 Å². The fourth-order valence-corrected chi connectivity index (χ4v) is 2.60. The lowest BCUT2D eigenvalue weighted by Crippen LogP contribution is -2.29. The van der Waals surface area contributed by atoms with Gasteiger partial charge in [-0.3, -0.25) is 0 Å². The van der Waals surface area contributed by atoms with Crippen LogP contribution in [0.3, 0.4) is 0 Å². The lowest BCUT2D eigenvalue weighted by molar-refractivity contribution is 0.338. The molecule has 1 aliphatic rings. The molecule has 1 saturated carbocycles. The van der Waals surface area contributed by atoms with Gasteiger partial charge in [-0.25, -0.2) is 4.98 Å². The molecule has 5 nitrogen and oxygen atoms in total. The van der Waals surface area contributed by atoms with Crippen LogP contribution in [0.4, 0.5) is 11.8 Å². The Morgan fingerprint density at radius 2 is 2.00 bits per heavy atom. The molecule has 0 amide bonds. The van der Waals surface area contributed by atoms with Gasteiger partial charge in [-0.05, 0) is 38.5 Å². The number of anilines is 2. The van der Waals surface area contributed by atoms with Gasteiger partial charge in [-0.15, -0.1) is 0 Å². The Hall–Kier alpha value is -1.36. The summed E-state index contributed by atoms with van der Waals surface area (Å²) in [4.78, 5) is 10.9. The van der Waals surface area contributed by atoms with Crippen molar-refractivity contribution < 1.29 is 0 Å². The highest BCUT2D eigenvalue weighted by atomic mass is 15.2. The number of nitrogens with two attached hydrogens (primary N) is 1. The molecule has 19 heavy (non-hydrogen) atoms. The summed E-state index contributed by atoms with van der Waals surface area (Å²) in [5.74, 6) is 2.40. The maximum Gasteiger partial charge on any atom is 0.224 e. The van der Waals surface area contributed by atoms with E-state index in [1.165, 1.54) is 12.8 Å². The van der Waals surface area contributed by atoms with E-state index in [1.807, 2.05) is 32.1 Å². The topological polar surface area (TPSA) is 67.1 Å². The van der Waals surface area contributed by atoms with Crippen LogP contribution in [0.25, 0.3) is 0 Å². The van der Waals surface area contributed by atoms with Gasteiger partial charge in [0.05, 0.1) is 0 Å². The molecule has 0 aliphatic heterocycles. The Morgan fingerprint density at radius 1 is 1.32 bits per heavy atom. The molecule has 106 valence electrons. The fourth-order valence-electron chi connectivity index (χ4n) is 2.60. The van der Waals surface area contributed by atoms with E-state index in [2.05, 4.69) is 15.3 Å². The molecule has 1 fully saturated rings. The van der Waals surface area contributed by atoms with Gasteiger partial charge in [0.25, 0.3) is 0 Å². The summed E-state index contributed by atoms with van der Waals surface area (Å²) in [6, 6.07) is 0.409. The number of nitrogens with one attached hydrogen (secondary N) is 1. The molecule has 1 aromatic rings. The van der Waals surface area contributed by atoms with Crippen LogP contribution in [0.2, 0.25) is 0 Å². The first-order chi connectivity index (χ1) is 9.06. The van der Waals surface area contributed by atoms with E-state index < -0.39 is 0 Å². The van der Waals surface area contributed by atoms with Gasteiger partial charge in [0.1, 0.15) is 5.82 Å².